The molecule has 0 aromatic heterocycles. The first-order valence-corrected chi connectivity index (χ1v) is 11.0. The Kier molecular flexibility index (Phi) is 6.33. The molecule has 0 heterocycles. The maximum absolute atomic E-state index is 10.7. The second-order valence-electron chi connectivity index (χ2n) is 7.13. The molecule has 0 radical (unpaired) electrons. The van der Waals surface area contributed by atoms with Crippen LogP contribution in [-0.4, -0.2) is 24.9 Å². The van der Waals surface area contributed by atoms with Crippen LogP contribution in [0.1, 0.15) is 32.4 Å². The predicted molar refractivity (Wildman–Crippen MR) is 98.1 cm³/mol. The number of hydrogen-bond acceptors (Lipinski definition) is 2. The Morgan fingerprint density at radius 3 is 2.18 bits per heavy atom. The van der Waals surface area contributed by atoms with Gasteiger partial charge in [-0.15, -0.1) is 11.6 Å². The molecule has 1 aromatic rings. The Bertz CT molecular complexity index is 511. The minimum atomic E-state index is -2.00. The minimum Gasteiger partial charge on any atom is -0.415 e. The van der Waals surface area contributed by atoms with E-state index in [0.717, 1.165) is 0 Å². The van der Waals surface area contributed by atoms with Crippen LogP contribution in [0.25, 0.3) is 0 Å². The molecule has 0 saturated carbocycles. The summed E-state index contributed by atoms with van der Waals surface area (Å²) in [4.78, 5) is -1.25. The second kappa shape index (κ2) is 7.06. The molecule has 1 aromatic carbocycles. The summed E-state index contributed by atoms with van der Waals surface area (Å²) in [6.07, 6.45) is -0.981. The fourth-order valence-electron chi connectivity index (χ4n) is 1.71. The SMILES string of the molecule is C=C(Cl)C(Cl)(CO[Si](C)(C)C(C)(C)C)C(O)c1ccccc1. The largest absolute Gasteiger partial charge is 0.415 e. The van der Waals surface area contributed by atoms with Crippen molar-refractivity contribution < 1.29 is 9.53 Å². The lowest BCUT2D eigenvalue weighted by atomic mass is 9.95. The third kappa shape index (κ3) is 4.36. The van der Waals surface area contributed by atoms with Crippen molar-refractivity contribution >= 4 is 31.5 Å². The summed E-state index contributed by atoms with van der Waals surface area (Å²) in [5, 5.41) is 10.9. The average molecular weight is 361 g/mol. The maximum atomic E-state index is 10.7. The Morgan fingerprint density at radius 1 is 1.27 bits per heavy atom. The number of alkyl halides is 1. The molecule has 1 N–H and O–H groups in total. The van der Waals surface area contributed by atoms with Crippen LogP contribution in [0.3, 0.4) is 0 Å². The van der Waals surface area contributed by atoms with Gasteiger partial charge in [0, 0.05) is 5.03 Å². The smallest absolute Gasteiger partial charge is 0.192 e. The molecule has 0 aliphatic carbocycles. The number of hydrogen-bond donors (Lipinski definition) is 1. The van der Waals surface area contributed by atoms with Gasteiger partial charge in [-0.1, -0.05) is 69.3 Å². The van der Waals surface area contributed by atoms with Gasteiger partial charge < -0.3 is 9.53 Å². The van der Waals surface area contributed by atoms with Gasteiger partial charge in [-0.2, -0.15) is 0 Å². The van der Waals surface area contributed by atoms with E-state index in [9.17, 15) is 5.11 Å². The summed E-state index contributed by atoms with van der Waals surface area (Å²) in [6.45, 7) is 14.6. The quantitative estimate of drug-likeness (QED) is 0.538. The molecule has 2 nitrogen and oxygen atoms in total. The standard InChI is InChI=1S/C17H26Cl2O2Si/c1-13(18)17(19,12-21-22(5,6)16(2,3)4)15(20)14-10-8-7-9-11-14/h7-11,15,20H,1,12H2,2-6H3. The Hall–Kier alpha value is -0.323. The summed E-state index contributed by atoms with van der Waals surface area (Å²) >= 11 is 12.8. The van der Waals surface area contributed by atoms with Crippen molar-refractivity contribution in [2.75, 3.05) is 6.61 Å². The molecule has 0 amide bonds. The third-order valence-corrected chi connectivity index (χ3v) is 9.91. The Balaban J connectivity index is 3.00. The highest BCUT2D eigenvalue weighted by Crippen LogP contribution is 2.43. The molecule has 0 fully saturated rings. The van der Waals surface area contributed by atoms with E-state index in [-0.39, 0.29) is 16.7 Å². The van der Waals surface area contributed by atoms with Gasteiger partial charge in [0.1, 0.15) is 11.0 Å². The van der Waals surface area contributed by atoms with Crippen LogP contribution in [0.4, 0.5) is 0 Å². The molecule has 0 bridgehead atoms. The maximum Gasteiger partial charge on any atom is 0.192 e. The molecular weight excluding hydrogens is 335 g/mol. The summed E-state index contributed by atoms with van der Waals surface area (Å²) < 4.78 is 6.16. The van der Waals surface area contributed by atoms with Crippen molar-refractivity contribution in [3.8, 4) is 0 Å². The molecular formula is C17H26Cl2O2Si. The van der Waals surface area contributed by atoms with Crippen molar-refractivity contribution in [3.63, 3.8) is 0 Å². The Labute approximate surface area is 145 Å². The van der Waals surface area contributed by atoms with E-state index in [4.69, 9.17) is 27.6 Å². The summed E-state index contributed by atoms with van der Waals surface area (Å²) in [5.41, 5.74) is 0.693. The zero-order valence-electron chi connectivity index (χ0n) is 14.0. The fraction of sp³-hybridized carbons (Fsp3) is 0.529. The highest BCUT2D eigenvalue weighted by Gasteiger charge is 2.44. The molecule has 2 unspecified atom stereocenters. The van der Waals surface area contributed by atoms with Gasteiger partial charge >= 0.3 is 0 Å². The van der Waals surface area contributed by atoms with E-state index in [1.165, 1.54) is 0 Å². The molecule has 0 aliphatic rings. The zero-order valence-corrected chi connectivity index (χ0v) is 16.5. The lowest BCUT2D eigenvalue weighted by Crippen LogP contribution is -2.46. The number of aliphatic hydroxyl groups excluding tert-OH is 1. The average Bonchev–Trinajstić information content (AvgIpc) is 2.43. The number of rotatable bonds is 6. The summed E-state index contributed by atoms with van der Waals surface area (Å²) in [6, 6.07) is 9.21. The van der Waals surface area contributed by atoms with Crippen LogP contribution < -0.4 is 0 Å². The molecule has 2 atom stereocenters. The molecule has 22 heavy (non-hydrogen) atoms. The van der Waals surface area contributed by atoms with E-state index in [1.54, 1.807) is 0 Å². The monoisotopic (exact) mass is 360 g/mol. The second-order valence-corrected chi connectivity index (χ2v) is 13.1. The van der Waals surface area contributed by atoms with Crippen molar-refractivity contribution in [1.29, 1.82) is 0 Å². The highest BCUT2D eigenvalue weighted by molar-refractivity contribution is 6.74. The van der Waals surface area contributed by atoms with Gasteiger partial charge in [-0.25, -0.2) is 0 Å². The van der Waals surface area contributed by atoms with Crippen LogP contribution in [-0.2, 0) is 4.43 Å². The first-order chi connectivity index (χ1) is 9.92. The topological polar surface area (TPSA) is 29.5 Å². The zero-order chi connectivity index (χ0) is 17.2. The summed E-state index contributed by atoms with van der Waals surface area (Å²) in [5.74, 6) is 0. The van der Waals surface area contributed by atoms with Gasteiger partial charge in [0.15, 0.2) is 8.32 Å². The number of aliphatic hydroxyl groups is 1. The van der Waals surface area contributed by atoms with E-state index in [0.29, 0.717) is 5.56 Å². The van der Waals surface area contributed by atoms with Gasteiger partial charge in [0.05, 0.1) is 6.61 Å². The van der Waals surface area contributed by atoms with E-state index >= 15 is 0 Å². The first-order valence-electron chi connectivity index (χ1n) is 7.32. The molecule has 1 rings (SSSR count). The highest BCUT2D eigenvalue weighted by atomic mass is 35.5. The van der Waals surface area contributed by atoms with Gasteiger partial charge in [-0.05, 0) is 23.7 Å². The van der Waals surface area contributed by atoms with Crippen molar-refractivity contribution in [2.24, 2.45) is 0 Å². The predicted octanol–water partition coefficient (Wildman–Crippen LogP) is 5.47. The normalized spacial score (nSPS) is 16.9. The van der Waals surface area contributed by atoms with Crippen molar-refractivity contribution in [1.82, 2.24) is 0 Å². The van der Waals surface area contributed by atoms with Crippen LogP contribution in [0.2, 0.25) is 18.1 Å². The van der Waals surface area contributed by atoms with E-state index in [1.807, 2.05) is 30.3 Å². The van der Waals surface area contributed by atoms with Crippen LogP contribution >= 0.6 is 23.2 Å². The van der Waals surface area contributed by atoms with Gasteiger partial charge in [-0.3, -0.25) is 0 Å². The van der Waals surface area contributed by atoms with E-state index in [2.05, 4.69) is 40.4 Å². The van der Waals surface area contributed by atoms with Crippen LogP contribution in [0.5, 0.6) is 0 Å². The number of halogens is 2. The van der Waals surface area contributed by atoms with Crippen LogP contribution in [0, 0.1) is 0 Å². The molecule has 5 heteroatoms. The van der Waals surface area contributed by atoms with Gasteiger partial charge in [0.2, 0.25) is 0 Å². The lowest BCUT2D eigenvalue weighted by Gasteiger charge is -2.40. The van der Waals surface area contributed by atoms with Crippen LogP contribution in [0.15, 0.2) is 41.9 Å². The third-order valence-electron chi connectivity index (χ3n) is 4.45. The molecule has 124 valence electrons. The lowest BCUT2D eigenvalue weighted by molar-refractivity contribution is 0.108. The molecule has 0 spiro atoms. The van der Waals surface area contributed by atoms with Gasteiger partial charge in [0.25, 0.3) is 0 Å². The first kappa shape index (κ1) is 19.7. The number of benzene rings is 1. The fourth-order valence-corrected chi connectivity index (χ4v) is 3.16. The molecule has 0 saturated heterocycles. The summed E-state index contributed by atoms with van der Waals surface area (Å²) in [7, 11) is -2.00. The van der Waals surface area contributed by atoms with E-state index < -0.39 is 19.3 Å². The van der Waals surface area contributed by atoms with Crippen molar-refractivity contribution in [2.45, 2.75) is 49.9 Å². The molecule has 0 aliphatic heterocycles. The minimum absolute atomic E-state index is 0.0517. The van der Waals surface area contributed by atoms with Crippen molar-refractivity contribution in [3.05, 3.63) is 47.5 Å². The Morgan fingerprint density at radius 2 is 1.77 bits per heavy atom.